The summed E-state index contributed by atoms with van der Waals surface area (Å²) in [5.41, 5.74) is 0.322. The molecule has 0 aliphatic heterocycles. The Bertz CT molecular complexity index is 601. The van der Waals surface area contributed by atoms with Crippen LogP contribution >= 0.6 is 11.6 Å². The first-order valence-electron chi connectivity index (χ1n) is 6.11. The number of aromatic nitrogens is 2. The van der Waals surface area contributed by atoms with Crippen molar-refractivity contribution < 1.29 is 8.91 Å². The molecule has 102 valence electrons. The first-order chi connectivity index (χ1) is 9.13. The minimum absolute atomic E-state index is 0.140. The van der Waals surface area contributed by atoms with Crippen LogP contribution in [-0.2, 0) is 13.0 Å². The molecule has 19 heavy (non-hydrogen) atoms. The Morgan fingerprint density at radius 1 is 1.47 bits per heavy atom. The maximum atomic E-state index is 13.7. The lowest BCUT2D eigenvalue weighted by Gasteiger charge is -2.06. The largest absolute Gasteiger partial charge is 0.441 e. The predicted octanol–water partition coefficient (Wildman–Crippen LogP) is 3.02. The molecule has 0 atom stereocenters. The van der Waals surface area contributed by atoms with Gasteiger partial charge in [0.1, 0.15) is 5.82 Å². The minimum Gasteiger partial charge on any atom is -0.296 e. The van der Waals surface area contributed by atoms with Gasteiger partial charge in [-0.3, -0.25) is 9.09 Å². The number of hydrogen-bond donors (Lipinski definition) is 0. The maximum absolute atomic E-state index is 13.7. The van der Waals surface area contributed by atoms with E-state index in [1.807, 2.05) is 6.92 Å². The van der Waals surface area contributed by atoms with Crippen molar-refractivity contribution in [2.45, 2.75) is 32.7 Å². The lowest BCUT2D eigenvalue weighted by molar-refractivity contribution is 0.372. The van der Waals surface area contributed by atoms with E-state index in [2.05, 4.69) is 9.68 Å². The molecule has 0 bridgehead atoms. The molecule has 0 aliphatic rings. The van der Waals surface area contributed by atoms with Gasteiger partial charge in [-0.25, -0.2) is 9.18 Å². The van der Waals surface area contributed by atoms with Crippen molar-refractivity contribution in [3.8, 4) is 0 Å². The molecule has 0 fully saturated rings. The van der Waals surface area contributed by atoms with Gasteiger partial charge in [0.2, 0.25) is 0 Å². The fourth-order valence-corrected chi connectivity index (χ4v) is 2.05. The Hall–Kier alpha value is -1.62. The van der Waals surface area contributed by atoms with Gasteiger partial charge in [-0.1, -0.05) is 36.2 Å². The Morgan fingerprint density at radius 3 is 2.95 bits per heavy atom. The van der Waals surface area contributed by atoms with E-state index < -0.39 is 11.6 Å². The van der Waals surface area contributed by atoms with Crippen LogP contribution in [0, 0.1) is 5.82 Å². The van der Waals surface area contributed by atoms with Crippen molar-refractivity contribution in [1.82, 2.24) is 9.72 Å². The monoisotopic (exact) mass is 284 g/mol. The minimum atomic E-state index is -0.518. The Labute approximate surface area is 114 Å². The Kier molecular flexibility index (Phi) is 4.37. The normalized spacial score (nSPS) is 10.9. The smallest absolute Gasteiger partial charge is 0.296 e. The zero-order chi connectivity index (χ0) is 13.8. The van der Waals surface area contributed by atoms with Gasteiger partial charge in [0, 0.05) is 23.6 Å². The summed E-state index contributed by atoms with van der Waals surface area (Å²) in [4.78, 5) is 11.5. The molecule has 1 aromatic carbocycles. The zero-order valence-electron chi connectivity index (χ0n) is 10.5. The standard InChI is InChI=1S/C13H14ClFN2O2/c1-2-3-7-17-12(16-19-13(17)18)8-9-10(14)5-4-6-11(9)15/h4-6H,2-3,7-8H2,1H3. The third kappa shape index (κ3) is 3.04. The first-order valence-corrected chi connectivity index (χ1v) is 6.49. The van der Waals surface area contributed by atoms with E-state index in [9.17, 15) is 9.18 Å². The van der Waals surface area contributed by atoms with Gasteiger partial charge in [-0.2, -0.15) is 0 Å². The average Bonchev–Trinajstić information content (AvgIpc) is 2.72. The Morgan fingerprint density at radius 2 is 2.26 bits per heavy atom. The highest BCUT2D eigenvalue weighted by atomic mass is 35.5. The molecule has 2 rings (SSSR count). The second kappa shape index (κ2) is 6.02. The highest BCUT2D eigenvalue weighted by Gasteiger charge is 2.15. The summed E-state index contributed by atoms with van der Waals surface area (Å²) in [5.74, 6) is -0.536. The van der Waals surface area contributed by atoms with Crippen molar-refractivity contribution >= 4 is 11.6 Å². The van der Waals surface area contributed by atoms with Crippen molar-refractivity contribution in [1.29, 1.82) is 0 Å². The van der Waals surface area contributed by atoms with Crippen LogP contribution in [0.15, 0.2) is 27.5 Å². The molecule has 2 aromatic rings. The van der Waals surface area contributed by atoms with Gasteiger partial charge >= 0.3 is 5.76 Å². The lowest BCUT2D eigenvalue weighted by Crippen LogP contribution is -2.17. The molecule has 0 N–H and O–H groups in total. The third-order valence-electron chi connectivity index (χ3n) is 2.89. The van der Waals surface area contributed by atoms with Gasteiger partial charge < -0.3 is 0 Å². The fourth-order valence-electron chi connectivity index (χ4n) is 1.82. The van der Waals surface area contributed by atoms with E-state index in [1.165, 1.54) is 16.7 Å². The molecule has 0 aliphatic carbocycles. The molecule has 4 nitrogen and oxygen atoms in total. The van der Waals surface area contributed by atoms with E-state index in [1.54, 1.807) is 6.07 Å². The summed E-state index contributed by atoms with van der Waals surface area (Å²) in [6.07, 6.45) is 1.91. The van der Waals surface area contributed by atoms with Crippen LogP contribution in [0.4, 0.5) is 4.39 Å². The summed E-state index contributed by atoms with van der Waals surface area (Å²) in [7, 11) is 0. The molecule has 1 aromatic heterocycles. The van der Waals surface area contributed by atoms with Crippen molar-refractivity contribution in [3.63, 3.8) is 0 Å². The number of benzene rings is 1. The van der Waals surface area contributed by atoms with Gasteiger partial charge in [-0.15, -0.1) is 0 Å². The molecule has 0 saturated heterocycles. The molecule has 6 heteroatoms. The molecule has 0 amide bonds. The lowest BCUT2D eigenvalue weighted by atomic mass is 10.1. The Balaban J connectivity index is 2.31. The van der Waals surface area contributed by atoms with Crippen LogP contribution in [0.5, 0.6) is 0 Å². The summed E-state index contributed by atoms with van der Waals surface area (Å²) in [6, 6.07) is 4.47. The topological polar surface area (TPSA) is 48.0 Å². The van der Waals surface area contributed by atoms with Gasteiger partial charge in [-0.05, 0) is 18.6 Å². The average molecular weight is 285 g/mol. The highest BCUT2D eigenvalue weighted by molar-refractivity contribution is 6.31. The van der Waals surface area contributed by atoms with Crippen molar-refractivity contribution in [2.24, 2.45) is 0 Å². The second-order valence-electron chi connectivity index (χ2n) is 4.25. The molecule has 0 radical (unpaired) electrons. The van der Waals surface area contributed by atoms with Gasteiger partial charge in [0.15, 0.2) is 5.82 Å². The van der Waals surface area contributed by atoms with Crippen LogP contribution in [-0.4, -0.2) is 9.72 Å². The van der Waals surface area contributed by atoms with Crippen LogP contribution in [0.2, 0.25) is 5.02 Å². The number of nitrogens with zero attached hydrogens (tertiary/aromatic N) is 2. The van der Waals surface area contributed by atoms with Crippen molar-refractivity contribution in [2.75, 3.05) is 0 Å². The predicted molar refractivity (Wildman–Crippen MR) is 69.9 cm³/mol. The van der Waals surface area contributed by atoms with Crippen LogP contribution in [0.25, 0.3) is 0 Å². The summed E-state index contributed by atoms with van der Waals surface area (Å²) in [6.45, 7) is 2.53. The SMILES string of the molecule is CCCCn1c(Cc2c(F)cccc2Cl)noc1=O. The second-order valence-corrected chi connectivity index (χ2v) is 4.65. The van der Waals surface area contributed by atoms with E-state index in [-0.39, 0.29) is 6.42 Å². The summed E-state index contributed by atoms with van der Waals surface area (Å²) >= 11 is 5.96. The molecule has 0 saturated carbocycles. The van der Waals surface area contributed by atoms with E-state index in [0.29, 0.717) is 23.0 Å². The van der Waals surface area contributed by atoms with Gasteiger partial charge in [0.25, 0.3) is 0 Å². The maximum Gasteiger partial charge on any atom is 0.441 e. The number of unbranched alkanes of at least 4 members (excludes halogenated alkanes) is 1. The summed E-state index contributed by atoms with van der Waals surface area (Å²) < 4.78 is 19.8. The highest BCUT2D eigenvalue weighted by Crippen LogP contribution is 2.21. The molecular weight excluding hydrogens is 271 g/mol. The molecule has 0 spiro atoms. The molecular formula is C13H14ClFN2O2. The summed E-state index contributed by atoms with van der Waals surface area (Å²) in [5, 5.41) is 4.01. The third-order valence-corrected chi connectivity index (χ3v) is 3.25. The molecule has 1 heterocycles. The van der Waals surface area contributed by atoms with Crippen LogP contribution in [0.3, 0.4) is 0 Å². The van der Waals surface area contributed by atoms with Crippen LogP contribution in [0.1, 0.15) is 31.2 Å². The van der Waals surface area contributed by atoms with E-state index >= 15 is 0 Å². The number of rotatable bonds is 5. The fraction of sp³-hybridized carbons (Fsp3) is 0.385. The van der Waals surface area contributed by atoms with Crippen LogP contribution < -0.4 is 5.76 Å². The zero-order valence-corrected chi connectivity index (χ0v) is 11.3. The van der Waals surface area contributed by atoms with Gasteiger partial charge in [0.05, 0.1) is 0 Å². The number of hydrogen-bond acceptors (Lipinski definition) is 3. The van der Waals surface area contributed by atoms with E-state index in [0.717, 1.165) is 12.8 Å². The van der Waals surface area contributed by atoms with Crippen molar-refractivity contribution in [3.05, 3.63) is 51.0 Å². The number of halogens is 2. The van der Waals surface area contributed by atoms with E-state index in [4.69, 9.17) is 11.6 Å². The molecule has 0 unspecified atom stereocenters. The quantitative estimate of drug-likeness (QED) is 0.848. The first kappa shape index (κ1) is 13.8.